The summed E-state index contributed by atoms with van der Waals surface area (Å²) in [5.74, 6) is 2.07. The van der Waals surface area contributed by atoms with Crippen molar-refractivity contribution in [3.05, 3.63) is 188 Å². The molecule has 0 spiro atoms. The fourth-order valence-corrected chi connectivity index (χ4v) is 7.23. The third kappa shape index (κ3) is 5.53. The second kappa shape index (κ2) is 13.2. The van der Waals surface area contributed by atoms with E-state index < -0.39 is 0 Å². The molecule has 0 radical (unpaired) electrons. The Morgan fingerprint density at radius 2 is 0.827 bits per heavy atom. The van der Waals surface area contributed by atoms with Crippen LogP contribution in [0.5, 0.6) is 0 Å². The van der Waals surface area contributed by atoms with E-state index >= 15 is 0 Å². The van der Waals surface area contributed by atoms with Crippen LogP contribution in [-0.2, 0) is 0 Å². The van der Waals surface area contributed by atoms with Crippen molar-refractivity contribution in [3.63, 3.8) is 0 Å². The van der Waals surface area contributed by atoms with Gasteiger partial charge in [-0.1, -0.05) is 123 Å². The van der Waals surface area contributed by atoms with Gasteiger partial charge in [-0.3, -0.25) is 4.57 Å². The highest BCUT2D eigenvalue weighted by atomic mass is 15.3. The maximum absolute atomic E-state index is 4.73. The predicted molar refractivity (Wildman–Crippen MR) is 215 cm³/mol. The van der Waals surface area contributed by atoms with Gasteiger partial charge in [-0.15, -0.1) is 10.2 Å². The summed E-state index contributed by atoms with van der Waals surface area (Å²) in [6.07, 6.45) is 0. The van der Waals surface area contributed by atoms with E-state index in [-0.39, 0.29) is 0 Å². The summed E-state index contributed by atoms with van der Waals surface area (Å²) in [6.45, 7) is 4.43. The van der Waals surface area contributed by atoms with Gasteiger partial charge in [0.1, 0.15) is 0 Å². The smallest absolute Gasteiger partial charge is 0.168 e. The number of fused-ring (bicyclic) bond motifs is 3. The van der Waals surface area contributed by atoms with Gasteiger partial charge in [-0.25, -0.2) is 0 Å². The van der Waals surface area contributed by atoms with Crippen LogP contribution >= 0.6 is 0 Å². The minimum atomic E-state index is 0.455. The van der Waals surface area contributed by atoms with Crippen LogP contribution in [0.25, 0.3) is 56.0 Å². The first-order valence-corrected chi connectivity index (χ1v) is 17.8. The molecule has 2 aromatic heterocycles. The zero-order valence-corrected chi connectivity index (χ0v) is 29.1. The summed E-state index contributed by atoms with van der Waals surface area (Å²) in [5.41, 5.74) is 11.1. The number of nitrogens with zero attached hydrogens (tertiary/aromatic N) is 5. The molecule has 0 N–H and O–H groups in total. The van der Waals surface area contributed by atoms with Crippen molar-refractivity contribution >= 4 is 38.9 Å². The van der Waals surface area contributed by atoms with Crippen molar-refractivity contribution in [2.24, 2.45) is 0 Å². The second-order valence-corrected chi connectivity index (χ2v) is 13.4. The van der Waals surface area contributed by atoms with E-state index in [1.807, 2.05) is 18.2 Å². The van der Waals surface area contributed by atoms with Crippen molar-refractivity contribution in [2.45, 2.75) is 19.8 Å². The van der Waals surface area contributed by atoms with E-state index in [0.717, 1.165) is 51.2 Å². The van der Waals surface area contributed by atoms with Crippen LogP contribution in [0.3, 0.4) is 0 Å². The number of benzene rings is 7. The van der Waals surface area contributed by atoms with E-state index in [1.165, 1.54) is 27.4 Å². The van der Waals surface area contributed by atoms with Crippen LogP contribution in [-0.4, -0.2) is 19.3 Å². The summed E-state index contributed by atoms with van der Waals surface area (Å²) in [5, 5.41) is 12.0. The molecule has 0 aliphatic carbocycles. The predicted octanol–water partition coefficient (Wildman–Crippen LogP) is 12.3. The quantitative estimate of drug-likeness (QED) is 0.161. The van der Waals surface area contributed by atoms with Crippen molar-refractivity contribution in [3.8, 4) is 34.2 Å². The van der Waals surface area contributed by atoms with Crippen LogP contribution in [0.2, 0.25) is 0 Å². The molecule has 0 amide bonds. The number of aromatic nitrogens is 4. The minimum absolute atomic E-state index is 0.455. The first kappa shape index (κ1) is 31.3. The van der Waals surface area contributed by atoms with E-state index in [9.17, 15) is 0 Å². The van der Waals surface area contributed by atoms with E-state index in [4.69, 9.17) is 10.2 Å². The highest BCUT2D eigenvalue weighted by molar-refractivity contribution is 6.09. The zero-order chi connectivity index (χ0) is 35.0. The maximum atomic E-state index is 4.73. The normalized spacial score (nSPS) is 11.4. The molecule has 2 heterocycles. The Hall–Kier alpha value is -6.72. The molecule has 9 rings (SSSR count). The maximum Gasteiger partial charge on any atom is 0.168 e. The SMILES string of the molecule is CC(C)c1ccc(-c2nnc(-c3ccccc3)n2-c2ccc(N(c3ccccc3)c3ccc(-n4c5ccccc5c5ccccc54)cc3)cc2)cc1. The Morgan fingerprint density at radius 3 is 1.35 bits per heavy atom. The van der Waals surface area contributed by atoms with Crippen LogP contribution in [0.15, 0.2) is 182 Å². The highest BCUT2D eigenvalue weighted by Crippen LogP contribution is 2.38. The first-order valence-electron chi connectivity index (χ1n) is 17.8. The molecule has 7 aromatic carbocycles. The Bertz CT molecular complexity index is 2560. The molecule has 0 aliphatic rings. The molecule has 0 bridgehead atoms. The van der Waals surface area contributed by atoms with Gasteiger partial charge in [-0.2, -0.15) is 0 Å². The third-order valence-corrected chi connectivity index (χ3v) is 9.86. The molecule has 9 aromatic rings. The zero-order valence-electron chi connectivity index (χ0n) is 29.1. The fourth-order valence-electron chi connectivity index (χ4n) is 7.23. The number of hydrogen-bond acceptors (Lipinski definition) is 3. The van der Waals surface area contributed by atoms with Crippen molar-refractivity contribution in [2.75, 3.05) is 4.90 Å². The number of rotatable bonds is 8. The second-order valence-electron chi connectivity index (χ2n) is 13.4. The van der Waals surface area contributed by atoms with Gasteiger partial charge in [0.15, 0.2) is 11.6 Å². The standard InChI is InChI=1S/C47H37N5/c1-33(2)34-21-23-36(24-22-34)47-49-48-46(35-13-5-3-6-14-35)52(47)41-31-27-39(28-32-41)50(37-15-7-4-8-16-37)38-25-29-40(30-26-38)51-44-19-11-9-17-42(44)43-18-10-12-20-45(43)51/h3-33H,1-2H3. The molecule has 0 fully saturated rings. The Balaban J connectivity index is 1.12. The summed E-state index contributed by atoms with van der Waals surface area (Å²) < 4.78 is 4.52. The summed E-state index contributed by atoms with van der Waals surface area (Å²) >= 11 is 0. The van der Waals surface area contributed by atoms with Crippen LogP contribution in [0.1, 0.15) is 25.3 Å². The van der Waals surface area contributed by atoms with E-state index in [1.54, 1.807) is 0 Å². The van der Waals surface area contributed by atoms with E-state index in [0.29, 0.717) is 5.92 Å². The lowest BCUT2D eigenvalue weighted by molar-refractivity contribution is 0.866. The van der Waals surface area contributed by atoms with Gasteiger partial charge >= 0.3 is 0 Å². The van der Waals surface area contributed by atoms with Gasteiger partial charge in [0, 0.05) is 50.3 Å². The average molecular weight is 672 g/mol. The van der Waals surface area contributed by atoms with Crippen molar-refractivity contribution in [1.29, 1.82) is 0 Å². The summed E-state index contributed by atoms with van der Waals surface area (Å²) in [4.78, 5) is 2.30. The van der Waals surface area contributed by atoms with Crippen LogP contribution < -0.4 is 4.90 Å². The molecule has 0 unspecified atom stereocenters. The molecule has 0 saturated heterocycles. The first-order chi connectivity index (χ1) is 25.6. The Labute approximate surface area is 303 Å². The summed E-state index contributed by atoms with van der Waals surface area (Å²) in [6, 6.07) is 64.3. The fraction of sp³-hybridized carbons (Fsp3) is 0.0638. The number of anilines is 3. The van der Waals surface area contributed by atoms with Gasteiger partial charge in [0.2, 0.25) is 0 Å². The molecular weight excluding hydrogens is 635 g/mol. The van der Waals surface area contributed by atoms with Crippen LogP contribution in [0, 0.1) is 0 Å². The Morgan fingerprint density at radius 1 is 0.404 bits per heavy atom. The van der Waals surface area contributed by atoms with Crippen molar-refractivity contribution < 1.29 is 0 Å². The van der Waals surface area contributed by atoms with Gasteiger partial charge in [-0.05, 0) is 84.3 Å². The molecule has 0 saturated carbocycles. The lowest BCUT2D eigenvalue weighted by Gasteiger charge is -2.26. The lowest BCUT2D eigenvalue weighted by atomic mass is 10.0. The van der Waals surface area contributed by atoms with E-state index in [2.05, 4.69) is 192 Å². The summed E-state index contributed by atoms with van der Waals surface area (Å²) in [7, 11) is 0. The monoisotopic (exact) mass is 671 g/mol. The number of hydrogen-bond donors (Lipinski definition) is 0. The van der Waals surface area contributed by atoms with Gasteiger partial charge in [0.25, 0.3) is 0 Å². The Kier molecular flexibility index (Phi) is 7.94. The molecule has 52 heavy (non-hydrogen) atoms. The highest BCUT2D eigenvalue weighted by Gasteiger charge is 2.19. The molecule has 0 aliphatic heterocycles. The minimum Gasteiger partial charge on any atom is -0.311 e. The molecule has 5 heteroatoms. The van der Waals surface area contributed by atoms with Crippen molar-refractivity contribution in [1.82, 2.24) is 19.3 Å². The average Bonchev–Trinajstić information content (AvgIpc) is 3.80. The largest absolute Gasteiger partial charge is 0.311 e. The molecule has 5 nitrogen and oxygen atoms in total. The molecule has 250 valence electrons. The van der Waals surface area contributed by atoms with Gasteiger partial charge in [0.05, 0.1) is 11.0 Å². The lowest BCUT2D eigenvalue weighted by Crippen LogP contribution is -2.10. The van der Waals surface area contributed by atoms with Crippen LogP contribution in [0.4, 0.5) is 17.1 Å². The number of para-hydroxylation sites is 3. The molecular formula is C47H37N5. The topological polar surface area (TPSA) is 38.9 Å². The van der Waals surface area contributed by atoms with Gasteiger partial charge < -0.3 is 9.47 Å². The third-order valence-electron chi connectivity index (χ3n) is 9.86. The molecule has 0 atom stereocenters.